The lowest BCUT2D eigenvalue weighted by molar-refractivity contribution is -0.143. The second-order valence-electron chi connectivity index (χ2n) is 6.13. The first kappa shape index (κ1) is 20.9. The number of carbonyl (C=O) groups is 2. The van der Waals surface area contributed by atoms with Crippen LogP contribution in [0.2, 0.25) is 0 Å². The molecule has 0 aliphatic carbocycles. The van der Waals surface area contributed by atoms with Gasteiger partial charge in [-0.15, -0.1) is 0 Å². The number of ether oxygens (including phenoxy) is 1. The molecule has 4 heteroatoms. The summed E-state index contributed by atoms with van der Waals surface area (Å²) in [6.45, 7) is 2.70. The zero-order chi connectivity index (χ0) is 17.6. The Kier molecular flexibility index (Phi) is 11.5. The van der Waals surface area contributed by atoms with E-state index in [1.54, 1.807) is 12.1 Å². The van der Waals surface area contributed by atoms with E-state index in [1.807, 2.05) is 12.1 Å². The average molecular weight is 397 g/mol. The maximum atomic E-state index is 12.0. The highest BCUT2D eigenvalue weighted by Crippen LogP contribution is 2.13. The molecule has 24 heavy (non-hydrogen) atoms. The molecule has 0 bridgehead atoms. The lowest BCUT2D eigenvalue weighted by Crippen LogP contribution is -2.09. The van der Waals surface area contributed by atoms with Crippen molar-refractivity contribution in [1.29, 1.82) is 0 Å². The van der Waals surface area contributed by atoms with Crippen molar-refractivity contribution in [2.45, 2.75) is 71.1 Å². The first-order chi connectivity index (χ1) is 11.6. The fourth-order valence-electron chi connectivity index (χ4n) is 2.49. The van der Waals surface area contributed by atoms with Gasteiger partial charge in [-0.05, 0) is 18.6 Å². The predicted molar refractivity (Wildman–Crippen MR) is 101 cm³/mol. The van der Waals surface area contributed by atoms with Crippen LogP contribution < -0.4 is 0 Å². The molecule has 0 saturated carbocycles. The summed E-state index contributed by atoms with van der Waals surface area (Å²) in [4.78, 5) is 23.6. The molecule has 0 fully saturated rings. The van der Waals surface area contributed by atoms with Crippen molar-refractivity contribution in [1.82, 2.24) is 0 Å². The fourth-order valence-corrected chi connectivity index (χ4v) is 2.75. The van der Waals surface area contributed by atoms with E-state index in [9.17, 15) is 9.59 Å². The van der Waals surface area contributed by atoms with E-state index in [1.165, 1.54) is 38.5 Å². The van der Waals surface area contributed by atoms with Gasteiger partial charge in [-0.3, -0.25) is 9.59 Å². The number of benzene rings is 1. The quantitative estimate of drug-likeness (QED) is 0.230. The van der Waals surface area contributed by atoms with Crippen molar-refractivity contribution in [3.63, 3.8) is 0 Å². The first-order valence-corrected chi connectivity index (χ1v) is 9.87. The third kappa shape index (κ3) is 9.86. The van der Waals surface area contributed by atoms with Gasteiger partial charge in [0, 0.05) is 16.5 Å². The summed E-state index contributed by atoms with van der Waals surface area (Å²) in [7, 11) is 0. The molecule has 0 unspecified atom stereocenters. The third-order valence-corrected chi connectivity index (χ3v) is 4.51. The van der Waals surface area contributed by atoms with Gasteiger partial charge in [0.15, 0.2) is 5.78 Å². The van der Waals surface area contributed by atoms with Crippen molar-refractivity contribution in [3.05, 3.63) is 34.3 Å². The third-order valence-electron chi connectivity index (χ3n) is 3.98. The highest BCUT2D eigenvalue weighted by molar-refractivity contribution is 9.10. The van der Waals surface area contributed by atoms with Crippen molar-refractivity contribution in [2.75, 3.05) is 6.61 Å². The van der Waals surface area contributed by atoms with Gasteiger partial charge in [-0.1, -0.05) is 79.9 Å². The van der Waals surface area contributed by atoms with E-state index >= 15 is 0 Å². The van der Waals surface area contributed by atoms with E-state index < -0.39 is 0 Å². The van der Waals surface area contributed by atoms with Crippen molar-refractivity contribution >= 4 is 27.7 Å². The van der Waals surface area contributed by atoms with Crippen LogP contribution >= 0.6 is 15.9 Å². The number of hydrogen-bond donors (Lipinski definition) is 0. The van der Waals surface area contributed by atoms with Gasteiger partial charge in [0.2, 0.25) is 0 Å². The molecule has 134 valence electrons. The predicted octanol–water partition coefficient (Wildman–Crippen LogP) is 6.10. The minimum atomic E-state index is -0.275. The Balaban J connectivity index is 2.02. The normalized spacial score (nSPS) is 10.6. The van der Waals surface area contributed by atoms with Gasteiger partial charge in [-0.2, -0.15) is 0 Å². The number of hydrogen-bond acceptors (Lipinski definition) is 3. The van der Waals surface area contributed by atoms with Crippen LogP contribution in [0, 0.1) is 0 Å². The Hall–Kier alpha value is -1.16. The molecule has 0 spiro atoms. The molecule has 1 aromatic carbocycles. The minimum absolute atomic E-state index is 0.0217. The lowest BCUT2D eigenvalue weighted by atomic mass is 10.1. The molecule has 0 aromatic heterocycles. The van der Waals surface area contributed by atoms with Crippen molar-refractivity contribution < 1.29 is 14.3 Å². The summed E-state index contributed by atoms with van der Waals surface area (Å²) in [5, 5.41) is 0. The molecule has 3 nitrogen and oxygen atoms in total. The molecule has 1 rings (SSSR count). The summed E-state index contributed by atoms with van der Waals surface area (Å²) in [6.07, 6.45) is 10.1. The van der Waals surface area contributed by atoms with Gasteiger partial charge < -0.3 is 4.74 Å². The van der Waals surface area contributed by atoms with Crippen LogP contribution in [0.1, 0.15) is 81.5 Å². The summed E-state index contributed by atoms with van der Waals surface area (Å²) in [5.74, 6) is -0.296. The maximum Gasteiger partial charge on any atom is 0.306 e. The summed E-state index contributed by atoms with van der Waals surface area (Å²) >= 11 is 3.33. The Bertz CT molecular complexity index is 482. The highest BCUT2D eigenvalue weighted by Gasteiger charge is 2.10. The second kappa shape index (κ2) is 13.2. The molecule has 0 amide bonds. The van der Waals surface area contributed by atoms with Gasteiger partial charge in [0.05, 0.1) is 13.0 Å². The standard InChI is InChI=1S/C20H29BrO3/c1-2-3-4-5-6-7-8-9-16-24-20(23)15-14-19(22)17-10-12-18(21)13-11-17/h10-13H,2-9,14-16H2,1H3. The first-order valence-electron chi connectivity index (χ1n) is 9.08. The van der Waals surface area contributed by atoms with Crippen LogP contribution in [0.5, 0.6) is 0 Å². The highest BCUT2D eigenvalue weighted by atomic mass is 79.9. The molecular weight excluding hydrogens is 368 g/mol. The van der Waals surface area contributed by atoms with E-state index in [2.05, 4.69) is 22.9 Å². The Morgan fingerprint density at radius 3 is 2.08 bits per heavy atom. The molecular formula is C20H29BrO3. The maximum absolute atomic E-state index is 12.0. The van der Waals surface area contributed by atoms with Crippen LogP contribution in [-0.2, 0) is 9.53 Å². The van der Waals surface area contributed by atoms with Crippen LogP contribution in [0.15, 0.2) is 28.7 Å². The van der Waals surface area contributed by atoms with Crippen LogP contribution in [0.4, 0.5) is 0 Å². The molecule has 0 aliphatic heterocycles. The largest absolute Gasteiger partial charge is 0.466 e. The topological polar surface area (TPSA) is 43.4 Å². The molecule has 0 N–H and O–H groups in total. The number of halogens is 1. The fraction of sp³-hybridized carbons (Fsp3) is 0.600. The SMILES string of the molecule is CCCCCCCCCCOC(=O)CCC(=O)c1ccc(Br)cc1. The molecule has 0 atom stereocenters. The molecule has 0 aliphatic rings. The number of carbonyl (C=O) groups excluding carboxylic acids is 2. The van der Waals surface area contributed by atoms with E-state index in [0.29, 0.717) is 12.2 Å². The summed E-state index contributed by atoms with van der Waals surface area (Å²) < 4.78 is 6.13. The smallest absolute Gasteiger partial charge is 0.306 e. The number of Topliss-reactive ketones (excluding diaryl/α,β-unsaturated/α-hetero) is 1. The van der Waals surface area contributed by atoms with Crippen molar-refractivity contribution in [2.24, 2.45) is 0 Å². The minimum Gasteiger partial charge on any atom is -0.466 e. The van der Waals surface area contributed by atoms with E-state index in [0.717, 1.165) is 17.3 Å². The van der Waals surface area contributed by atoms with Gasteiger partial charge in [0.25, 0.3) is 0 Å². The Labute approximate surface area is 154 Å². The van der Waals surface area contributed by atoms with E-state index in [-0.39, 0.29) is 24.6 Å². The van der Waals surface area contributed by atoms with E-state index in [4.69, 9.17) is 4.74 Å². The van der Waals surface area contributed by atoms with Crippen LogP contribution in [0.3, 0.4) is 0 Å². The molecule has 1 aromatic rings. The van der Waals surface area contributed by atoms with Gasteiger partial charge in [0.1, 0.15) is 0 Å². The van der Waals surface area contributed by atoms with Crippen LogP contribution in [-0.4, -0.2) is 18.4 Å². The van der Waals surface area contributed by atoms with Gasteiger partial charge >= 0.3 is 5.97 Å². The summed E-state index contributed by atoms with van der Waals surface area (Å²) in [5.41, 5.74) is 0.633. The molecule has 0 heterocycles. The monoisotopic (exact) mass is 396 g/mol. The second-order valence-corrected chi connectivity index (χ2v) is 7.04. The number of esters is 1. The summed E-state index contributed by atoms with van der Waals surface area (Å²) in [6, 6.07) is 7.18. The zero-order valence-corrected chi connectivity index (χ0v) is 16.3. The molecule has 0 radical (unpaired) electrons. The van der Waals surface area contributed by atoms with Crippen molar-refractivity contribution in [3.8, 4) is 0 Å². The Morgan fingerprint density at radius 2 is 1.46 bits per heavy atom. The lowest BCUT2D eigenvalue weighted by Gasteiger charge is -2.05. The number of rotatable bonds is 13. The number of unbranched alkanes of at least 4 members (excludes halogenated alkanes) is 7. The average Bonchev–Trinajstić information content (AvgIpc) is 2.59. The zero-order valence-electron chi connectivity index (χ0n) is 14.7. The Morgan fingerprint density at radius 1 is 0.875 bits per heavy atom. The van der Waals surface area contributed by atoms with Crippen LogP contribution in [0.25, 0.3) is 0 Å². The number of ketones is 1. The molecule has 0 saturated heterocycles. The van der Waals surface area contributed by atoms with Gasteiger partial charge in [-0.25, -0.2) is 0 Å².